The number of imidazole rings is 1. The number of nitrogens with zero attached hydrogens (tertiary/aromatic N) is 3. The van der Waals surface area contributed by atoms with E-state index in [-0.39, 0.29) is 0 Å². The highest BCUT2D eigenvalue weighted by Gasteiger charge is 2.00. The standard InChI is InChI=1S/C9H12N4S/c1-7-12-8(6-14-7)5-11-9-10-3-4-13(9)2/h3-4,6H,5H2,1-2H3,(H,10,11). The Morgan fingerprint density at radius 2 is 2.43 bits per heavy atom. The van der Waals surface area contributed by atoms with E-state index in [4.69, 9.17) is 0 Å². The quantitative estimate of drug-likeness (QED) is 0.836. The normalized spacial score (nSPS) is 10.4. The molecule has 4 nitrogen and oxygen atoms in total. The molecule has 2 rings (SSSR count). The summed E-state index contributed by atoms with van der Waals surface area (Å²) in [5.74, 6) is 0.871. The second-order valence-electron chi connectivity index (χ2n) is 3.07. The van der Waals surface area contributed by atoms with E-state index in [9.17, 15) is 0 Å². The number of nitrogens with one attached hydrogen (secondary N) is 1. The number of hydrogen-bond acceptors (Lipinski definition) is 4. The van der Waals surface area contributed by atoms with Crippen molar-refractivity contribution in [2.45, 2.75) is 13.5 Å². The van der Waals surface area contributed by atoms with E-state index in [1.807, 2.05) is 24.7 Å². The lowest BCUT2D eigenvalue weighted by atomic mass is 10.5. The largest absolute Gasteiger partial charge is 0.350 e. The monoisotopic (exact) mass is 208 g/mol. The molecule has 0 aliphatic rings. The van der Waals surface area contributed by atoms with Crippen LogP contribution in [0.3, 0.4) is 0 Å². The van der Waals surface area contributed by atoms with Gasteiger partial charge in [0.15, 0.2) is 0 Å². The second kappa shape index (κ2) is 3.79. The molecule has 74 valence electrons. The Hall–Kier alpha value is -1.36. The fourth-order valence-electron chi connectivity index (χ4n) is 1.19. The van der Waals surface area contributed by atoms with E-state index in [1.54, 1.807) is 17.5 Å². The Bertz CT molecular complexity index is 418. The SMILES string of the molecule is Cc1nc(CNc2nccn2C)cs1. The van der Waals surface area contributed by atoms with Crippen LogP contribution in [-0.4, -0.2) is 14.5 Å². The molecule has 5 heteroatoms. The summed E-state index contributed by atoms with van der Waals surface area (Å²) in [7, 11) is 1.96. The molecule has 0 aliphatic carbocycles. The molecule has 1 N–H and O–H groups in total. The van der Waals surface area contributed by atoms with Crippen molar-refractivity contribution >= 4 is 17.3 Å². The molecule has 0 amide bonds. The Kier molecular flexibility index (Phi) is 2.49. The average molecular weight is 208 g/mol. The Balaban J connectivity index is 1.98. The number of rotatable bonds is 3. The molecule has 0 bridgehead atoms. The molecule has 2 heterocycles. The first-order chi connectivity index (χ1) is 6.75. The van der Waals surface area contributed by atoms with Gasteiger partial charge < -0.3 is 9.88 Å². The summed E-state index contributed by atoms with van der Waals surface area (Å²) in [6.45, 7) is 2.74. The van der Waals surface area contributed by atoms with Crippen LogP contribution >= 0.6 is 11.3 Å². The molecule has 2 aromatic heterocycles. The number of aryl methyl sites for hydroxylation is 2. The maximum atomic E-state index is 4.36. The van der Waals surface area contributed by atoms with Gasteiger partial charge in [-0.1, -0.05) is 0 Å². The fraction of sp³-hybridized carbons (Fsp3) is 0.333. The zero-order chi connectivity index (χ0) is 9.97. The smallest absolute Gasteiger partial charge is 0.202 e. The molecule has 0 unspecified atom stereocenters. The lowest BCUT2D eigenvalue weighted by Crippen LogP contribution is -2.04. The number of anilines is 1. The van der Waals surface area contributed by atoms with Gasteiger partial charge in [0.1, 0.15) is 0 Å². The third-order valence-electron chi connectivity index (χ3n) is 1.92. The first-order valence-corrected chi connectivity index (χ1v) is 5.26. The lowest BCUT2D eigenvalue weighted by molar-refractivity contribution is 0.893. The highest BCUT2D eigenvalue weighted by Crippen LogP contribution is 2.09. The highest BCUT2D eigenvalue weighted by molar-refractivity contribution is 7.09. The first-order valence-electron chi connectivity index (χ1n) is 4.38. The number of aromatic nitrogens is 3. The van der Waals surface area contributed by atoms with E-state index in [0.29, 0.717) is 0 Å². The molecule has 2 aromatic rings. The number of hydrogen-bond donors (Lipinski definition) is 1. The zero-order valence-electron chi connectivity index (χ0n) is 8.19. The lowest BCUT2D eigenvalue weighted by Gasteiger charge is -2.02. The second-order valence-corrected chi connectivity index (χ2v) is 4.14. The maximum Gasteiger partial charge on any atom is 0.202 e. The van der Waals surface area contributed by atoms with Crippen molar-refractivity contribution < 1.29 is 0 Å². The van der Waals surface area contributed by atoms with Crippen molar-refractivity contribution in [1.29, 1.82) is 0 Å². The third-order valence-corrected chi connectivity index (χ3v) is 2.74. The summed E-state index contributed by atoms with van der Waals surface area (Å²) in [4.78, 5) is 8.52. The summed E-state index contributed by atoms with van der Waals surface area (Å²) >= 11 is 1.67. The molecule has 0 saturated heterocycles. The molecular formula is C9H12N4S. The summed E-state index contributed by atoms with van der Waals surface area (Å²) < 4.78 is 1.94. The zero-order valence-corrected chi connectivity index (χ0v) is 9.01. The van der Waals surface area contributed by atoms with Crippen LogP contribution in [0.2, 0.25) is 0 Å². The van der Waals surface area contributed by atoms with E-state index >= 15 is 0 Å². The highest BCUT2D eigenvalue weighted by atomic mass is 32.1. The van der Waals surface area contributed by atoms with Gasteiger partial charge in [0.25, 0.3) is 0 Å². The van der Waals surface area contributed by atoms with Gasteiger partial charge in [-0.05, 0) is 6.92 Å². The van der Waals surface area contributed by atoms with Gasteiger partial charge in [0, 0.05) is 24.8 Å². The molecular weight excluding hydrogens is 196 g/mol. The van der Waals surface area contributed by atoms with E-state index in [2.05, 4.69) is 20.7 Å². The van der Waals surface area contributed by atoms with Gasteiger partial charge in [0.05, 0.1) is 17.2 Å². The minimum atomic E-state index is 0.731. The predicted molar refractivity (Wildman–Crippen MR) is 57.4 cm³/mol. The van der Waals surface area contributed by atoms with Crippen LogP contribution in [0.4, 0.5) is 5.95 Å². The topological polar surface area (TPSA) is 42.7 Å². The van der Waals surface area contributed by atoms with E-state index < -0.39 is 0 Å². The van der Waals surface area contributed by atoms with Crippen LogP contribution in [0.15, 0.2) is 17.8 Å². The first kappa shape index (κ1) is 9.21. The summed E-state index contributed by atoms with van der Waals surface area (Å²) in [5.41, 5.74) is 1.07. The molecule has 0 aromatic carbocycles. The van der Waals surface area contributed by atoms with Gasteiger partial charge in [-0.3, -0.25) is 0 Å². The van der Waals surface area contributed by atoms with Crippen LogP contribution in [0.1, 0.15) is 10.7 Å². The summed E-state index contributed by atoms with van der Waals surface area (Å²) in [5, 5.41) is 6.38. The van der Waals surface area contributed by atoms with Gasteiger partial charge in [-0.2, -0.15) is 0 Å². The molecule has 0 radical (unpaired) electrons. The van der Waals surface area contributed by atoms with Crippen LogP contribution in [-0.2, 0) is 13.6 Å². The molecule has 0 spiro atoms. The van der Waals surface area contributed by atoms with Gasteiger partial charge in [-0.25, -0.2) is 9.97 Å². The fourth-order valence-corrected chi connectivity index (χ4v) is 1.81. The molecule has 0 saturated carbocycles. The molecule has 0 atom stereocenters. The summed E-state index contributed by atoms with van der Waals surface area (Å²) in [6, 6.07) is 0. The number of thiazole rings is 1. The van der Waals surface area contributed by atoms with E-state index in [1.165, 1.54) is 0 Å². The van der Waals surface area contributed by atoms with Crippen molar-refractivity contribution in [2.24, 2.45) is 7.05 Å². The summed E-state index contributed by atoms with van der Waals surface area (Å²) in [6.07, 6.45) is 3.68. The van der Waals surface area contributed by atoms with Gasteiger partial charge >= 0.3 is 0 Å². The van der Waals surface area contributed by atoms with Crippen molar-refractivity contribution in [1.82, 2.24) is 14.5 Å². The Morgan fingerprint density at radius 1 is 1.57 bits per heavy atom. The predicted octanol–water partition coefficient (Wildman–Crippen LogP) is 1.80. The van der Waals surface area contributed by atoms with Gasteiger partial charge in [0.2, 0.25) is 5.95 Å². The van der Waals surface area contributed by atoms with Crippen molar-refractivity contribution in [3.63, 3.8) is 0 Å². The third kappa shape index (κ3) is 1.93. The Labute approximate surface area is 86.6 Å². The van der Waals surface area contributed by atoms with Crippen LogP contribution < -0.4 is 5.32 Å². The average Bonchev–Trinajstić information content (AvgIpc) is 2.72. The van der Waals surface area contributed by atoms with Crippen LogP contribution in [0.25, 0.3) is 0 Å². The van der Waals surface area contributed by atoms with Crippen molar-refractivity contribution in [3.8, 4) is 0 Å². The maximum absolute atomic E-state index is 4.36. The minimum absolute atomic E-state index is 0.731. The molecule has 0 aliphatic heterocycles. The minimum Gasteiger partial charge on any atom is -0.350 e. The van der Waals surface area contributed by atoms with Gasteiger partial charge in [-0.15, -0.1) is 11.3 Å². The van der Waals surface area contributed by atoms with Crippen molar-refractivity contribution in [2.75, 3.05) is 5.32 Å². The van der Waals surface area contributed by atoms with E-state index in [0.717, 1.165) is 23.2 Å². The van der Waals surface area contributed by atoms with Crippen LogP contribution in [0, 0.1) is 6.92 Å². The molecule has 0 fully saturated rings. The van der Waals surface area contributed by atoms with Crippen LogP contribution in [0.5, 0.6) is 0 Å². The Morgan fingerprint density at radius 3 is 3.00 bits per heavy atom. The van der Waals surface area contributed by atoms with Crippen molar-refractivity contribution in [3.05, 3.63) is 28.5 Å². The molecule has 14 heavy (non-hydrogen) atoms.